The van der Waals surface area contributed by atoms with Crippen molar-refractivity contribution in [2.24, 2.45) is 5.92 Å². The van der Waals surface area contributed by atoms with Crippen molar-refractivity contribution in [2.75, 3.05) is 13.1 Å². The van der Waals surface area contributed by atoms with Crippen LogP contribution < -0.4 is 0 Å². The van der Waals surface area contributed by atoms with Gasteiger partial charge in [-0.05, 0) is 62.4 Å². The van der Waals surface area contributed by atoms with E-state index in [0.717, 1.165) is 48.6 Å². The number of nitrogens with zero attached hydrogens (tertiary/aromatic N) is 3. The molecule has 1 aromatic carbocycles. The number of hydrogen-bond donors (Lipinski definition) is 0. The lowest BCUT2D eigenvalue weighted by Gasteiger charge is -2.31. The lowest BCUT2D eigenvalue weighted by molar-refractivity contribution is 0.0815. The standard InChI is InChI=1S/C22H25N3OS/c1-16-5-7-20(8-6-16)25-14-18(12-23-25)13-24-10-3-4-19(15-24)21(26)22-17(2)9-11-27-22/h5-9,11-12,14,19H,3-4,10,13,15H2,1-2H3. The Kier molecular flexibility index (Phi) is 5.23. The second-order valence-electron chi connectivity index (χ2n) is 7.50. The molecule has 3 aromatic rings. The van der Waals surface area contributed by atoms with Crippen LogP contribution in [0, 0.1) is 19.8 Å². The maximum absolute atomic E-state index is 12.9. The first kappa shape index (κ1) is 18.1. The normalized spacial score (nSPS) is 17.9. The SMILES string of the molecule is Cc1ccc(-n2cc(CN3CCCC(C(=O)c4sccc4C)C3)cn2)cc1. The van der Waals surface area contributed by atoms with Crippen molar-refractivity contribution < 1.29 is 4.79 Å². The van der Waals surface area contributed by atoms with Crippen LogP contribution in [-0.4, -0.2) is 33.6 Å². The highest BCUT2D eigenvalue weighted by Crippen LogP contribution is 2.26. The topological polar surface area (TPSA) is 38.1 Å². The fourth-order valence-electron chi connectivity index (χ4n) is 3.76. The van der Waals surface area contributed by atoms with E-state index >= 15 is 0 Å². The van der Waals surface area contributed by atoms with Crippen LogP contribution in [0.5, 0.6) is 0 Å². The Hall–Kier alpha value is -2.24. The summed E-state index contributed by atoms with van der Waals surface area (Å²) in [6.45, 7) is 6.85. The third-order valence-electron chi connectivity index (χ3n) is 5.30. The summed E-state index contributed by atoms with van der Waals surface area (Å²) in [6, 6.07) is 10.4. The van der Waals surface area contributed by atoms with Gasteiger partial charge in [0.2, 0.25) is 0 Å². The third kappa shape index (κ3) is 4.04. The number of rotatable bonds is 5. The number of likely N-dealkylation sites (tertiary alicyclic amines) is 1. The summed E-state index contributed by atoms with van der Waals surface area (Å²) < 4.78 is 1.93. The Morgan fingerprint density at radius 3 is 2.78 bits per heavy atom. The van der Waals surface area contributed by atoms with Gasteiger partial charge >= 0.3 is 0 Å². The summed E-state index contributed by atoms with van der Waals surface area (Å²) in [5, 5.41) is 6.53. The van der Waals surface area contributed by atoms with Gasteiger partial charge in [0.25, 0.3) is 0 Å². The predicted molar refractivity (Wildman–Crippen MR) is 110 cm³/mol. The zero-order valence-electron chi connectivity index (χ0n) is 15.9. The molecule has 0 saturated carbocycles. The molecule has 3 heterocycles. The lowest BCUT2D eigenvalue weighted by atomic mass is 9.92. The molecule has 4 nitrogen and oxygen atoms in total. The van der Waals surface area contributed by atoms with E-state index in [1.807, 2.05) is 29.2 Å². The quantitative estimate of drug-likeness (QED) is 0.606. The molecule has 5 heteroatoms. The Labute approximate surface area is 164 Å². The molecule has 1 saturated heterocycles. The van der Waals surface area contributed by atoms with E-state index in [1.54, 1.807) is 11.3 Å². The molecule has 140 valence electrons. The maximum Gasteiger partial charge on any atom is 0.177 e. The van der Waals surface area contributed by atoms with Gasteiger partial charge in [0.05, 0.1) is 16.8 Å². The van der Waals surface area contributed by atoms with Crippen LogP contribution in [0.15, 0.2) is 48.1 Å². The molecule has 1 fully saturated rings. The van der Waals surface area contributed by atoms with Gasteiger partial charge in [-0.15, -0.1) is 11.3 Å². The van der Waals surface area contributed by atoms with Crippen LogP contribution in [0.2, 0.25) is 0 Å². The number of Topliss-reactive ketones (excluding diaryl/α,β-unsaturated/α-hetero) is 1. The average molecular weight is 380 g/mol. The Morgan fingerprint density at radius 1 is 1.22 bits per heavy atom. The van der Waals surface area contributed by atoms with E-state index in [4.69, 9.17) is 0 Å². The van der Waals surface area contributed by atoms with E-state index in [1.165, 1.54) is 11.1 Å². The fourth-order valence-corrected chi connectivity index (χ4v) is 4.71. The zero-order chi connectivity index (χ0) is 18.8. The van der Waals surface area contributed by atoms with Gasteiger partial charge in [0.15, 0.2) is 5.78 Å². The minimum atomic E-state index is 0.114. The third-order valence-corrected chi connectivity index (χ3v) is 6.33. The number of carbonyl (C=O) groups excluding carboxylic acids is 1. The molecule has 1 unspecified atom stereocenters. The average Bonchev–Trinajstić information content (AvgIpc) is 3.31. The number of aryl methyl sites for hydroxylation is 2. The van der Waals surface area contributed by atoms with Crippen LogP contribution in [0.3, 0.4) is 0 Å². The number of ketones is 1. The van der Waals surface area contributed by atoms with Gasteiger partial charge in [0.1, 0.15) is 0 Å². The molecule has 0 amide bonds. The molecule has 27 heavy (non-hydrogen) atoms. The number of benzene rings is 1. The molecule has 0 bridgehead atoms. The van der Waals surface area contributed by atoms with Gasteiger partial charge in [-0.1, -0.05) is 17.7 Å². The molecule has 0 aliphatic carbocycles. The van der Waals surface area contributed by atoms with Gasteiger partial charge in [0, 0.05) is 30.8 Å². The van der Waals surface area contributed by atoms with Gasteiger partial charge in [-0.2, -0.15) is 5.10 Å². The summed E-state index contributed by atoms with van der Waals surface area (Å²) in [7, 11) is 0. The number of aromatic nitrogens is 2. The summed E-state index contributed by atoms with van der Waals surface area (Å²) in [5.74, 6) is 0.436. The van der Waals surface area contributed by atoms with E-state index in [2.05, 4.69) is 47.4 Å². The summed E-state index contributed by atoms with van der Waals surface area (Å²) in [4.78, 5) is 16.2. The minimum Gasteiger partial charge on any atom is -0.298 e. The van der Waals surface area contributed by atoms with Crippen molar-refractivity contribution in [3.05, 3.63) is 69.7 Å². The van der Waals surface area contributed by atoms with Crippen LogP contribution in [0.4, 0.5) is 0 Å². The Morgan fingerprint density at radius 2 is 2.04 bits per heavy atom. The zero-order valence-corrected chi connectivity index (χ0v) is 16.7. The van der Waals surface area contributed by atoms with Crippen molar-refractivity contribution in [3.8, 4) is 5.69 Å². The van der Waals surface area contributed by atoms with Crippen LogP contribution >= 0.6 is 11.3 Å². The first-order chi connectivity index (χ1) is 13.1. The molecule has 1 aliphatic heterocycles. The van der Waals surface area contributed by atoms with E-state index in [-0.39, 0.29) is 5.92 Å². The molecule has 4 rings (SSSR count). The molecule has 0 N–H and O–H groups in total. The molecule has 1 aliphatic rings. The Bertz CT molecular complexity index is 925. The minimum absolute atomic E-state index is 0.114. The van der Waals surface area contributed by atoms with Crippen LogP contribution in [0.1, 0.15) is 39.2 Å². The highest BCUT2D eigenvalue weighted by atomic mass is 32.1. The summed E-state index contributed by atoms with van der Waals surface area (Å²) in [6.07, 6.45) is 6.11. The predicted octanol–water partition coefficient (Wildman–Crippen LogP) is 4.65. The summed E-state index contributed by atoms with van der Waals surface area (Å²) in [5.41, 5.74) is 4.63. The highest BCUT2D eigenvalue weighted by molar-refractivity contribution is 7.12. The second kappa shape index (κ2) is 7.79. The smallest absolute Gasteiger partial charge is 0.177 e. The molecule has 1 atom stereocenters. The Balaban J connectivity index is 1.42. The fraction of sp³-hybridized carbons (Fsp3) is 0.364. The second-order valence-corrected chi connectivity index (χ2v) is 8.42. The molecular formula is C22H25N3OS. The van der Waals surface area contributed by atoms with E-state index in [0.29, 0.717) is 5.78 Å². The first-order valence-corrected chi connectivity index (χ1v) is 10.4. The number of piperidine rings is 1. The molecule has 0 spiro atoms. The van der Waals surface area contributed by atoms with Crippen molar-refractivity contribution in [1.82, 2.24) is 14.7 Å². The summed E-state index contributed by atoms with van der Waals surface area (Å²) >= 11 is 1.58. The molecular weight excluding hydrogens is 354 g/mol. The lowest BCUT2D eigenvalue weighted by Crippen LogP contribution is -2.38. The molecule has 2 aromatic heterocycles. The number of hydrogen-bond acceptors (Lipinski definition) is 4. The van der Waals surface area contributed by atoms with E-state index < -0.39 is 0 Å². The van der Waals surface area contributed by atoms with Crippen LogP contribution in [0.25, 0.3) is 5.69 Å². The largest absolute Gasteiger partial charge is 0.298 e. The number of carbonyl (C=O) groups is 1. The molecule has 0 radical (unpaired) electrons. The maximum atomic E-state index is 12.9. The van der Waals surface area contributed by atoms with Crippen molar-refractivity contribution in [2.45, 2.75) is 33.2 Å². The van der Waals surface area contributed by atoms with E-state index in [9.17, 15) is 4.79 Å². The number of thiophene rings is 1. The monoisotopic (exact) mass is 379 g/mol. The van der Waals surface area contributed by atoms with Gasteiger partial charge < -0.3 is 0 Å². The van der Waals surface area contributed by atoms with Gasteiger partial charge in [-0.3, -0.25) is 9.69 Å². The highest BCUT2D eigenvalue weighted by Gasteiger charge is 2.28. The van der Waals surface area contributed by atoms with Gasteiger partial charge in [-0.25, -0.2) is 4.68 Å². The van der Waals surface area contributed by atoms with Crippen molar-refractivity contribution >= 4 is 17.1 Å². The van der Waals surface area contributed by atoms with Crippen molar-refractivity contribution in [3.63, 3.8) is 0 Å². The van der Waals surface area contributed by atoms with Crippen LogP contribution in [-0.2, 0) is 6.54 Å². The van der Waals surface area contributed by atoms with Crippen molar-refractivity contribution in [1.29, 1.82) is 0 Å². The first-order valence-electron chi connectivity index (χ1n) is 9.51.